The summed E-state index contributed by atoms with van der Waals surface area (Å²) in [7, 11) is 0. The molecule has 3 rings (SSSR count). The number of amides is 2. The first-order valence-corrected chi connectivity index (χ1v) is 12.7. The van der Waals surface area contributed by atoms with Crippen LogP contribution in [0, 0.1) is 13.8 Å². The lowest BCUT2D eigenvalue weighted by Gasteiger charge is -2.31. The van der Waals surface area contributed by atoms with Gasteiger partial charge in [0.25, 0.3) is 5.91 Å². The number of hydrogen-bond donors (Lipinski definition) is 1. The second-order valence-corrected chi connectivity index (χ2v) is 9.62. The van der Waals surface area contributed by atoms with E-state index in [0.717, 1.165) is 33.1 Å². The molecule has 6 heteroatoms. The molecule has 1 unspecified atom stereocenters. The van der Waals surface area contributed by atoms with Crippen molar-refractivity contribution in [2.24, 2.45) is 0 Å². The molecule has 0 aliphatic heterocycles. The van der Waals surface area contributed by atoms with Crippen LogP contribution in [0.2, 0.25) is 0 Å². The lowest BCUT2D eigenvalue weighted by atomic mass is 10.0. The Morgan fingerprint density at radius 1 is 0.971 bits per heavy atom. The van der Waals surface area contributed by atoms with Crippen LogP contribution in [0.5, 0.6) is 5.75 Å². The van der Waals surface area contributed by atoms with Crippen molar-refractivity contribution < 1.29 is 14.3 Å². The fourth-order valence-corrected chi connectivity index (χ4v) is 4.28. The molecule has 0 saturated carbocycles. The molecule has 2 amide bonds. The highest BCUT2D eigenvalue weighted by Gasteiger charge is 2.30. The molecule has 0 fully saturated rings. The normalized spacial score (nSPS) is 11.5. The van der Waals surface area contributed by atoms with Gasteiger partial charge in [-0.15, -0.1) is 0 Å². The quantitative estimate of drug-likeness (QED) is 0.346. The second kappa shape index (κ2) is 13.1. The highest BCUT2D eigenvalue weighted by atomic mass is 79.9. The summed E-state index contributed by atoms with van der Waals surface area (Å²) in [6, 6.07) is 22.8. The predicted molar refractivity (Wildman–Crippen MR) is 143 cm³/mol. The molecule has 0 spiro atoms. The van der Waals surface area contributed by atoms with Gasteiger partial charge in [-0.25, -0.2) is 0 Å². The molecule has 0 radical (unpaired) electrons. The third kappa shape index (κ3) is 7.96. The number of rotatable bonds is 11. The number of nitrogens with one attached hydrogen (secondary N) is 1. The molecule has 5 nitrogen and oxygen atoms in total. The smallest absolute Gasteiger partial charge is 0.261 e. The fourth-order valence-electron chi connectivity index (χ4n) is 3.84. The van der Waals surface area contributed by atoms with Gasteiger partial charge in [0.05, 0.1) is 0 Å². The van der Waals surface area contributed by atoms with Crippen LogP contribution < -0.4 is 10.1 Å². The zero-order valence-corrected chi connectivity index (χ0v) is 22.2. The average molecular weight is 537 g/mol. The van der Waals surface area contributed by atoms with E-state index in [4.69, 9.17) is 4.74 Å². The monoisotopic (exact) mass is 536 g/mol. The van der Waals surface area contributed by atoms with Gasteiger partial charge in [0.15, 0.2) is 6.61 Å². The van der Waals surface area contributed by atoms with Gasteiger partial charge in [0.1, 0.15) is 11.8 Å². The molecule has 184 valence electrons. The Morgan fingerprint density at radius 3 is 2.43 bits per heavy atom. The molecular formula is C29H33BrN2O3. The van der Waals surface area contributed by atoms with Crippen molar-refractivity contribution in [3.8, 4) is 5.75 Å². The van der Waals surface area contributed by atoms with Crippen LogP contribution in [-0.2, 0) is 22.6 Å². The standard InChI is InChI=1S/C29H33BrN2O3/c1-4-15-31-29(34)26(18-23-9-6-5-7-10-23)32(19-24-11-8-12-25(30)17-24)28(33)20-35-27-16-21(2)13-14-22(27)3/h5-14,16-17,26H,4,15,18-20H2,1-3H3,(H,31,34). The maximum atomic E-state index is 13.6. The average Bonchev–Trinajstić information content (AvgIpc) is 2.85. The van der Waals surface area contributed by atoms with Crippen LogP contribution in [-0.4, -0.2) is 35.9 Å². The van der Waals surface area contributed by atoms with Crippen molar-refractivity contribution in [2.75, 3.05) is 13.2 Å². The number of aryl methyl sites for hydroxylation is 2. The van der Waals surface area contributed by atoms with E-state index in [1.54, 1.807) is 4.90 Å². The van der Waals surface area contributed by atoms with Gasteiger partial charge in [-0.2, -0.15) is 0 Å². The SMILES string of the molecule is CCCNC(=O)C(Cc1ccccc1)N(Cc1cccc(Br)c1)C(=O)COc1cc(C)ccc1C. The Kier molecular flexibility index (Phi) is 9.91. The van der Waals surface area contributed by atoms with E-state index in [-0.39, 0.29) is 18.4 Å². The summed E-state index contributed by atoms with van der Waals surface area (Å²) in [6.45, 7) is 6.66. The molecule has 3 aromatic carbocycles. The zero-order valence-electron chi connectivity index (χ0n) is 20.6. The minimum atomic E-state index is -0.669. The number of halogens is 1. The van der Waals surface area contributed by atoms with E-state index in [1.807, 2.05) is 93.6 Å². The minimum Gasteiger partial charge on any atom is -0.483 e. The highest BCUT2D eigenvalue weighted by Crippen LogP contribution is 2.21. The lowest BCUT2D eigenvalue weighted by Crippen LogP contribution is -2.51. The molecule has 1 atom stereocenters. The van der Waals surface area contributed by atoms with Crippen LogP contribution in [0.25, 0.3) is 0 Å². The van der Waals surface area contributed by atoms with E-state index >= 15 is 0 Å². The molecule has 0 aliphatic carbocycles. The summed E-state index contributed by atoms with van der Waals surface area (Å²) in [5, 5.41) is 2.99. The van der Waals surface area contributed by atoms with E-state index in [2.05, 4.69) is 21.2 Å². The molecule has 0 aromatic heterocycles. The number of hydrogen-bond acceptors (Lipinski definition) is 3. The lowest BCUT2D eigenvalue weighted by molar-refractivity contribution is -0.142. The zero-order chi connectivity index (χ0) is 25.2. The number of carbonyl (C=O) groups is 2. The first-order chi connectivity index (χ1) is 16.9. The van der Waals surface area contributed by atoms with Crippen molar-refractivity contribution in [3.05, 3.63) is 99.5 Å². The number of nitrogens with zero attached hydrogens (tertiary/aromatic N) is 1. The minimum absolute atomic E-state index is 0.148. The van der Waals surface area contributed by atoms with Gasteiger partial charge in [-0.3, -0.25) is 9.59 Å². The highest BCUT2D eigenvalue weighted by molar-refractivity contribution is 9.10. The van der Waals surface area contributed by atoms with Crippen molar-refractivity contribution in [1.82, 2.24) is 10.2 Å². The predicted octanol–water partition coefficient (Wildman–Crippen LogP) is 5.61. The maximum absolute atomic E-state index is 13.6. The van der Waals surface area contributed by atoms with E-state index < -0.39 is 6.04 Å². The van der Waals surface area contributed by atoms with Gasteiger partial charge < -0.3 is 15.0 Å². The summed E-state index contributed by atoms with van der Waals surface area (Å²) >= 11 is 3.51. The van der Waals surface area contributed by atoms with Crippen molar-refractivity contribution >= 4 is 27.7 Å². The first-order valence-electron chi connectivity index (χ1n) is 11.9. The topological polar surface area (TPSA) is 58.6 Å². The van der Waals surface area contributed by atoms with E-state index in [9.17, 15) is 9.59 Å². The largest absolute Gasteiger partial charge is 0.483 e. The molecule has 3 aromatic rings. The molecule has 35 heavy (non-hydrogen) atoms. The van der Waals surface area contributed by atoms with Crippen LogP contribution in [0.4, 0.5) is 0 Å². The summed E-state index contributed by atoms with van der Waals surface area (Å²) in [6.07, 6.45) is 1.23. The third-order valence-electron chi connectivity index (χ3n) is 5.76. The Morgan fingerprint density at radius 2 is 1.71 bits per heavy atom. The molecule has 0 aliphatic rings. The van der Waals surface area contributed by atoms with Crippen LogP contribution in [0.1, 0.15) is 35.6 Å². The van der Waals surface area contributed by atoms with Gasteiger partial charge in [-0.05, 0) is 60.7 Å². The first kappa shape index (κ1) is 26.5. The summed E-state index contributed by atoms with van der Waals surface area (Å²) < 4.78 is 6.87. The molecule has 0 saturated heterocycles. The second-order valence-electron chi connectivity index (χ2n) is 8.71. The molecular weight excluding hydrogens is 504 g/mol. The summed E-state index contributed by atoms with van der Waals surface area (Å²) in [5.74, 6) is 0.278. The number of carbonyl (C=O) groups excluding carboxylic acids is 2. The Labute approximate surface area is 216 Å². The van der Waals surface area contributed by atoms with Gasteiger partial charge in [-0.1, -0.05) is 77.5 Å². The molecule has 0 heterocycles. The van der Waals surface area contributed by atoms with Crippen LogP contribution in [0.3, 0.4) is 0 Å². The van der Waals surface area contributed by atoms with Crippen LogP contribution >= 0.6 is 15.9 Å². The van der Waals surface area contributed by atoms with E-state index in [1.165, 1.54) is 0 Å². The number of ether oxygens (including phenoxy) is 1. The Hall–Kier alpha value is -3.12. The van der Waals surface area contributed by atoms with Crippen molar-refractivity contribution in [2.45, 2.75) is 46.2 Å². The maximum Gasteiger partial charge on any atom is 0.261 e. The van der Waals surface area contributed by atoms with Crippen molar-refractivity contribution in [1.29, 1.82) is 0 Å². The Bertz CT molecular complexity index is 1130. The van der Waals surface area contributed by atoms with E-state index in [0.29, 0.717) is 25.3 Å². The Balaban J connectivity index is 1.91. The van der Waals surface area contributed by atoms with Gasteiger partial charge in [0.2, 0.25) is 5.91 Å². The van der Waals surface area contributed by atoms with Gasteiger partial charge >= 0.3 is 0 Å². The third-order valence-corrected chi connectivity index (χ3v) is 6.25. The fraction of sp³-hybridized carbons (Fsp3) is 0.310. The number of benzene rings is 3. The molecule has 1 N–H and O–H groups in total. The molecule has 0 bridgehead atoms. The van der Waals surface area contributed by atoms with Gasteiger partial charge in [0, 0.05) is 24.0 Å². The van der Waals surface area contributed by atoms with Crippen molar-refractivity contribution in [3.63, 3.8) is 0 Å². The summed E-state index contributed by atoms with van der Waals surface area (Å²) in [5.41, 5.74) is 3.95. The van der Waals surface area contributed by atoms with Crippen LogP contribution in [0.15, 0.2) is 77.3 Å². The summed E-state index contributed by atoms with van der Waals surface area (Å²) in [4.78, 5) is 28.6.